The predicted octanol–water partition coefficient (Wildman–Crippen LogP) is -0.471. The van der Waals surface area contributed by atoms with Crippen molar-refractivity contribution in [3.63, 3.8) is 0 Å². The molecule has 0 fully saturated rings. The molecule has 0 aliphatic carbocycles. The smallest absolute Gasteiger partial charge is 0.168 e. The zero-order valence-electron chi connectivity index (χ0n) is 9.44. The predicted molar refractivity (Wildman–Crippen MR) is 61.5 cm³/mol. The number of halogens is 1. The van der Waals surface area contributed by atoms with Gasteiger partial charge in [0.25, 0.3) is 0 Å². The average molecular weight is 325 g/mol. The third-order valence-corrected chi connectivity index (χ3v) is 2.52. The fourth-order valence-electron chi connectivity index (χ4n) is 1.71. The Balaban J connectivity index is 0.00000128. The lowest BCUT2D eigenvalue weighted by Gasteiger charge is -1.99. The molecule has 2 heteroatoms. The van der Waals surface area contributed by atoms with Crippen LogP contribution < -0.4 is 28.5 Å². The summed E-state index contributed by atoms with van der Waals surface area (Å²) >= 11 is 0. The van der Waals surface area contributed by atoms with Crippen molar-refractivity contribution >= 4 is 0 Å². The first-order valence-corrected chi connectivity index (χ1v) is 5.34. The van der Waals surface area contributed by atoms with Gasteiger partial charge in [0.2, 0.25) is 0 Å². The van der Waals surface area contributed by atoms with Crippen molar-refractivity contribution in [1.82, 2.24) is 0 Å². The number of hydrogen-bond acceptors (Lipinski definition) is 0. The number of rotatable bonds is 3. The lowest BCUT2D eigenvalue weighted by molar-refractivity contribution is -0.696. The third kappa shape index (κ3) is 3.93. The Morgan fingerprint density at radius 3 is 2.44 bits per heavy atom. The molecule has 0 amide bonds. The van der Waals surface area contributed by atoms with Crippen molar-refractivity contribution in [2.24, 2.45) is 0 Å². The van der Waals surface area contributed by atoms with E-state index in [-0.39, 0.29) is 24.0 Å². The third-order valence-electron chi connectivity index (χ3n) is 2.52. The molecule has 1 aromatic carbocycles. The van der Waals surface area contributed by atoms with Gasteiger partial charge in [-0.3, -0.25) is 0 Å². The Bertz CT molecular complexity index is 426. The van der Waals surface area contributed by atoms with Crippen LogP contribution in [-0.2, 0) is 13.0 Å². The summed E-state index contributed by atoms with van der Waals surface area (Å²) in [6.45, 7) is 3.18. The van der Waals surface area contributed by atoms with E-state index in [1.807, 2.05) is 6.07 Å². The minimum absolute atomic E-state index is 0. The van der Waals surface area contributed by atoms with Gasteiger partial charge in [-0.2, -0.15) is 0 Å². The Morgan fingerprint density at radius 1 is 1.00 bits per heavy atom. The molecular weight excluding hydrogens is 309 g/mol. The van der Waals surface area contributed by atoms with Crippen molar-refractivity contribution in [3.05, 3.63) is 66.0 Å². The van der Waals surface area contributed by atoms with Gasteiger partial charge in [0.1, 0.15) is 0 Å². The van der Waals surface area contributed by atoms with E-state index in [9.17, 15) is 0 Å². The monoisotopic (exact) mass is 325 g/mol. The summed E-state index contributed by atoms with van der Waals surface area (Å²) in [5, 5.41) is 0. The molecule has 0 spiro atoms. The van der Waals surface area contributed by atoms with Crippen LogP contribution in [0.3, 0.4) is 0 Å². The van der Waals surface area contributed by atoms with Gasteiger partial charge in [0, 0.05) is 18.6 Å². The fourth-order valence-corrected chi connectivity index (χ4v) is 1.71. The first kappa shape index (κ1) is 13.2. The molecule has 0 aliphatic rings. The molecule has 0 saturated heterocycles. The topological polar surface area (TPSA) is 3.88 Å². The van der Waals surface area contributed by atoms with Crippen LogP contribution in [-0.4, -0.2) is 0 Å². The van der Waals surface area contributed by atoms with Crippen LogP contribution in [0.2, 0.25) is 0 Å². The van der Waals surface area contributed by atoms with Crippen LogP contribution in [0.25, 0.3) is 0 Å². The lowest BCUT2D eigenvalue weighted by atomic mass is 10.1. The highest BCUT2D eigenvalue weighted by molar-refractivity contribution is 5.21. The van der Waals surface area contributed by atoms with E-state index >= 15 is 0 Å². The second-order valence-corrected chi connectivity index (χ2v) is 3.85. The summed E-state index contributed by atoms with van der Waals surface area (Å²) in [7, 11) is 0. The Labute approximate surface area is 114 Å². The van der Waals surface area contributed by atoms with E-state index in [0.717, 1.165) is 13.0 Å². The number of nitrogens with zero attached hydrogens (tertiary/aromatic N) is 1. The molecule has 16 heavy (non-hydrogen) atoms. The highest BCUT2D eigenvalue weighted by atomic mass is 127. The zero-order chi connectivity index (χ0) is 10.5. The molecule has 0 N–H and O–H groups in total. The molecule has 0 radical (unpaired) electrons. The summed E-state index contributed by atoms with van der Waals surface area (Å²) in [6.07, 6.45) is 5.31. The van der Waals surface area contributed by atoms with Gasteiger partial charge in [-0.05, 0) is 12.5 Å². The lowest BCUT2D eigenvalue weighted by Crippen LogP contribution is -3.00. The second kappa shape index (κ2) is 6.63. The summed E-state index contributed by atoms with van der Waals surface area (Å²) in [6, 6.07) is 14.9. The van der Waals surface area contributed by atoms with E-state index in [2.05, 4.69) is 60.3 Å². The standard InChI is InChI=1S/C14H16N.HI/c1-13-6-5-7-14(12-13)8-11-15-9-3-2-4-10-15;/h2-7,9-10,12H,8,11H2,1H3;1H/q+1;/p-1. The first-order valence-electron chi connectivity index (χ1n) is 5.34. The van der Waals surface area contributed by atoms with E-state index in [4.69, 9.17) is 0 Å². The molecule has 0 bridgehead atoms. The Kier molecular flexibility index (Phi) is 5.46. The van der Waals surface area contributed by atoms with Crippen molar-refractivity contribution in [3.8, 4) is 0 Å². The number of benzene rings is 1. The fraction of sp³-hybridized carbons (Fsp3) is 0.214. The minimum Gasteiger partial charge on any atom is -1.00 e. The molecule has 1 heterocycles. The largest absolute Gasteiger partial charge is 1.00 e. The SMILES string of the molecule is Cc1cccc(CC[n+]2ccccc2)c1.[I-]. The highest BCUT2D eigenvalue weighted by Gasteiger charge is 1.99. The highest BCUT2D eigenvalue weighted by Crippen LogP contribution is 2.04. The number of hydrogen-bond donors (Lipinski definition) is 0. The summed E-state index contributed by atoms with van der Waals surface area (Å²) in [5.41, 5.74) is 2.75. The molecular formula is C14H16IN. The quantitative estimate of drug-likeness (QED) is 0.531. The summed E-state index contributed by atoms with van der Waals surface area (Å²) in [5.74, 6) is 0. The van der Waals surface area contributed by atoms with E-state index in [1.165, 1.54) is 11.1 Å². The van der Waals surface area contributed by atoms with Gasteiger partial charge in [-0.25, -0.2) is 4.57 Å². The molecule has 1 aromatic heterocycles. The molecule has 0 unspecified atom stereocenters. The van der Waals surface area contributed by atoms with Gasteiger partial charge in [0.05, 0.1) is 0 Å². The van der Waals surface area contributed by atoms with Crippen molar-refractivity contribution in [2.45, 2.75) is 19.9 Å². The normalized spacial score (nSPS) is 9.56. The summed E-state index contributed by atoms with van der Waals surface area (Å²) < 4.78 is 2.21. The van der Waals surface area contributed by atoms with Gasteiger partial charge in [-0.15, -0.1) is 0 Å². The Morgan fingerprint density at radius 2 is 1.75 bits per heavy atom. The molecule has 0 saturated carbocycles. The van der Waals surface area contributed by atoms with Crippen LogP contribution in [0.5, 0.6) is 0 Å². The van der Waals surface area contributed by atoms with Crippen LogP contribution >= 0.6 is 0 Å². The molecule has 84 valence electrons. The van der Waals surface area contributed by atoms with Gasteiger partial charge in [0.15, 0.2) is 18.9 Å². The molecule has 1 nitrogen and oxygen atoms in total. The maximum Gasteiger partial charge on any atom is 0.168 e. The summed E-state index contributed by atoms with van der Waals surface area (Å²) in [4.78, 5) is 0. The number of pyridine rings is 1. The first-order chi connectivity index (χ1) is 7.34. The Hall–Kier alpha value is -0.900. The maximum atomic E-state index is 2.25. The van der Waals surface area contributed by atoms with Crippen molar-refractivity contribution in [2.75, 3.05) is 0 Å². The van der Waals surface area contributed by atoms with Crippen molar-refractivity contribution in [1.29, 1.82) is 0 Å². The average Bonchev–Trinajstić information content (AvgIpc) is 2.28. The molecule has 0 atom stereocenters. The maximum absolute atomic E-state index is 2.25. The van der Waals surface area contributed by atoms with E-state index in [1.54, 1.807) is 0 Å². The van der Waals surface area contributed by atoms with Crippen LogP contribution in [0.15, 0.2) is 54.9 Å². The number of aryl methyl sites for hydroxylation is 3. The van der Waals surface area contributed by atoms with Gasteiger partial charge >= 0.3 is 0 Å². The van der Waals surface area contributed by atoms with E-state index < -0.39 is 0 Å². The van der Waals surface area contributed by atoms with Crippen LogP contribution in [0.4, 0.5) is 0 Å². The van der Waals surface area contributed by atoms with Crippen molar-refractivity contribution < 1.29 is 28.5 Å². The van der Waals surface area contributed by atoms with E-state index in [0.29, 0.717) is 0 Å². The number of aromatic nitrogens is 1. The van der Waals surface area contributed by atoms with Gasteiger partial charge < -0.3 is 24.0 Å². The zero-order valence-corrected chi connectivity index (χ0v) is 11.6. The molecule has 2 rings (SSSR count). The van der Waals surface area contributed by atoms with Gasteiger partial charge in [-0.1, -0.05) is 35.9 Å². The minimum atomic E-state index is 0. The van der Waals surface area contributed by atoms with Crippen LogP contribution in [0, 0.1) is 6.92 Å². The van der Waals surface area contributed by atoms with Crippen LogP contribution in [0.1, 0.15) is 11.1 Å². The molecule has 2 aromatic rings. The molecule has 0 aliphatic heterocycles. The second-order valence-electron chi connectivity index (χ2n) is 3.85.